The van der Waals surface area contributed by atoms with Gasteiger partial charge in [0.05, 0.1) is 28.6 Å². The molecule has 7 rings (SSSR count). The Kier molecular flexibility index (Phi) is 12.9. The zero-order valence-corrected chi connectivity index (χ0v) is 33.9. The van der Waals surface area contributed by atoms with Crippen molar-refractivity contribution in [2.24, 2.45) is 7.05 Å². The number of nitrogens with one attached hydrogen (secondary N) is 1. The lowest BCUT2D eigenvalue weighted by Crippen LogP contribution is -2.25. The Hall–Kier alpha value is -6.33. The second kappa shape index (κ2) is 18.7. The van der Waals surface area contributed by atoms with Crippen molar-refractivity contribution < 1.29 is 9.59 Å². The molecule has 0 radical (unpaired) electrons. The Morgan fingerprint density at radius 3 is 2.21 bits per heavy atom. The normalized spacial score (nSPS) is 11.3. The molecule has 0 aliphatic heterocycles. The van der Waals surface area contributed by atoms with Crippen LogP contribution in [0.4, 0.5) is 5.69 Å². The number of hydrogen-bond donors (Lipinski definition) is 1. The highest BCUT2D eigenvalue weighted by molar-refractivity contribution is 6.01. The molecule has 0 saturated heterocycles. The number of fused-ring (bicyclic) bond motifs is 2. The molecule has 0 aliphatic carbocycles. The largest absolute Gasteiger partial charge is 0.352 e. The summed E-state index contributed by atoms with van der Waals surface area (Å²) < 4.78 is 4.53. The summed E-state index contributed by atoms with van der Waals surface area (Å²) in [4.78, 5) is 39.3. The third kappa shape index (κ3) is 9.11. The Bertz CT molecular complexity index is 2570. The van der Waals surface area contributed by atoms with Gasteiger partial charge in [0.2, 0.25) is 0 Å². The number of unbranched alkanes of at least 4 members (excludes halogenated alkanes) is 6. The van der Waals surface area contributed by atoms with E-state index in [1.807, 2.05) is 30.3 Å². The number of amides is 1. The summed E-state index contributed by atoms with van der Waals surface area (Å²) in [7, 11) is 2.08. The van der Waals surface area contributed by atoms with Gasteiger partial charge in [-0.15, -0.1) is 0 Å². The average Bonchev–Trinajstić information content (AvgIpc) is 3.78. The van der Waals surface area contributed by atoms with E-state index < -0.39 is 0 Å². The summed E-state index contributed by atoms with van der Waals surface area (Å²) in [6.07, 6.45) is 9.70. The molecule has 0 fully saturated rings. The fourth-order valence-electron chi connectivity index (χ4n) is 7.93. The second-order valence-corrected chi connectivity index (χ2v) is 15.3. The van der Waals surface area contributed by atoms with Crippen LogP contribution in [0.1, 0.15) is 102 Å². The average molecular weight is 769 g/mol. The van der Waals surface area contributed by atoms with E-state index >= 15 is 0 Å². The number of rotatable bonds is 18. The van der Waals surface area contributed by atoms with Crippen molar-refractivity contribution in [1.29, 1.82) is 0 Å². The van der Waals surface area contributed by atoms with Crippen molar-refractivity contribution in [2.45, 2.75) is 84.6 Å². The number of hydrogen-bond acceptors (Lipinski definition) is 4. The molecule has 0 bridgehead atoms. The molecule has 0 atom stereocenters. The van der Waals surface area contributed by atoms with Crippen LogP contribution < -0.4 is 5.32 Å². The standard InChI is InChI=1S/C50H52N6O2/c1-5-17-47-54-48-35(2)32-39(49-53-43-20-14-15-21-44(43)55(49)4)33-45(48)56(47)34-36-23-25-37(26-24-36)41-18-12-13-19-42(41)50(58)52-31-16-10-8-6-7-9-11-22-46(57)38-27-29-40(51-3)30-28-38/h12-15,18-21,23-30,32-33H,5-11,16-17,22,31,34H2,1-2,4H3,(H,52,58). The van der Waals surface area contributed by atoms with E-state index in [2.05, 4.69) is 94.8 Å². The molecule has 7 aromatic rings. The van der Waals surface area contributed by atoms with Crippen LogP contribution in [0.25, 0.3) is 49.4 Å². The van der Waals surface area contributed by atoms with Gasteiger partial charge in [0.25, 0.3) is 5.91 Å². The minimum absolute atomic E-state index is 0.0473. The molecule has 2 aromatic heterocycles. The number of nitrogens with zero attached hydrogens (tertiary/aromatic N) is 5. The van der Waals surface area contributed by atoms with Gasteiger partial charge in [0, 0.05) is 49.7 Å². The summed E-state index contributed by atoms with van der Waals surface area (Å²) in [6, 6.07) is 36.0. The minimum Gasteiger partial charge on any atom is -0.352 e. The lowest BCUT2D eigenvalue weighted by molar-refractivity contribution is 0.0951. The number of Topliss-reactive ketones (excluding diaryl/α,β-unsaturated/α-hetero) is 1. The number of benzene rings is 5. The Balaban J connectivity index is 0.931. The number of carbonyl (C=O) groups excluding carboxylic acids is 2. The van der Waals surface area contributed by atoms with E-state index in [1.54, 1.807) is 24.3 Å². The van der Waals surface area contributed by atoms with Crippen LogP contribution in [0.5, 0.6) is 0 Å². The lowest BCUT2D eigenvalue weighted by atomic mass is 9.98. The van der Waals surface area contributed by atoms with Crippen molar-refractivity contribution in [3.05, 3.63) is 149 Å². The van der Waals surface area contributed by atoms with Gasteiger partial charge < -0.3 is 14.5 Å². The van der Waals surface area contributed by atoms with Crippen molar-refractivity contribution in [2.75, 3.05) is 6.54 Å². The number of ketones is 1. The number of para-hydroxylation sites is 2. The van der Waals surface area contributed by atoms with Gasteiger partial charge >= 0.3 is 0 Å². The molecule has 0 saturated carbocycles. The second-order valence-electron chi connectivity index (χ2n) is 15.3. The summed E-state index contributed by atoms with van der Waals surface area (Å²) in [5.41, 5.74) is 11.5. The molecular weight excluding hydrogens is 717 g/mol. The molecule has 8 heteroatoms. The molecule has 0 aliphatic rings. The van der Waals surface area contributed by atoms with Crippen LogP contribution in [-0.4, -0.2) is 37.3 Å². The maximum atomic E-state index is 13.4. The third-order valence-electron chi connectivity index (χ3n) is 11.1. The van der Waals surface area contributed by atoms with Crippen molar-refractivity contribution in [1.82, 2.24) is 24.4 Å². The summed E-state index contributed by atoms with van der Waals surface area (Å²) in [5.74, 6) is 2.12. The molecule has 1 amide bonds. The highest BCUT2D eigenvalue weighted by Gasteiger charge is 2.18. The first kappa shape index (κ1) is 39.9. The van der Waals surface area contributed by atoms with Gasteiger partial charge in [-0.25, -0.2) is 14.8 Å². The molecule has 58 heavy (non-hydrogen) atoms. The van der Waals surface area contributed by atoms with E-state index in [4.69, 9.17) is 16.5 Å². The first-order valence-corrected chi connectivity index (χ1v) is 20.7. The zero-order valence-electron chi connectivity index (χ0n) is 33.9. The first-order valence-electron chi connectivity index (χ1n) is 20.7. The van der Waals surface area contributed by atoms with Gasteiger partial charge in [-0.2, -0.15) is 0 Å². The molecule has 1 N–H and O–H groups in total. The topological polar surface area (TPSA) is 86.2 Å². The molecular formula is C50H52N6O2. The number of aryl methyl sites for hydroxylation is 3. The molecule has 0 spiro atoms. The summed E-state index contributed by atoms with van der Waals surface area (Å²) in [6.45, 7) is 12.7. The van der Waals surface area contributed by atoms with Crippen molar-refractivity contribution in [3.8, 4) is 22.5 Å². The monoisotopic (exact) mass is 768 g/mol. The van der Waals surface area contributed by atoms with Crippen LogP contribution in [0.3, 0.4) is 0 Å². The highest BCUT2D eigenvalue weighted by Crippen LogP contribution is 2.31. The van der Waals surface area contributed by atoms with Gasteiger partial charge in [0.15, 0.2) is 11.5 Å². The summed E-state index contributed by atoms with van der Waals surface area (Å²) in [5, 5.41) is 3.15. The summed E-state index contributed by atoms with van der Waals surface area (Å²) >= 11 is 0. The van der Waals surface area contributed by atoms with Gasteiger partial charge in [-0.1, -0.05) is 118 Å². The van der Waals surface area contributed by atoms with Crippen LogP contribution >= 0.6 is 0 Å². The third-order valence-corrected chi connectivity index (χ3v) is 11.1. The van der Waals surface area contributed by atoms with Gasteiger partial charge in [0.1, 0.15) is 11.6 Å². The van der Waals surface area contributed by atoms with Gasteiger partial charge in [-0.3, -0.25) is 9.59 Å². The van der Waals surface area contributed by atoms with E-state index in [-0.39, 0.29) is 11.7 Å². The van der Waals surface area contributed by atoms with E-state index in [1.165, 1.54) is 5.56 Å². The van der Waals surface area contributed by atoms with Gasteiger partial charge in [-0.05, 0) is 78.8 Å². The number of imidazole rings is 2. The molecule has 8 nitrogen and oxygen atoms in total. The molecule has 0 unspecified atom stereocenters. The minimum atomic E-state index is -0.0473. The van der Waals surface area contributed by atoms with E-state index in [0.717, 1.165) is 114 Å². The Morgan fingerprint density at radius 1 is 0.759 bits per heavy atom. The Labute approximate surface area is 341 Å². The SMILES string of the molecule is [C-]#[N+]c1ccc(C(=O)CCCCCCCCCNC(=O)c2ccccc2-c2ccc(Cn3c(CCC)nc4c(C)cc(-c5nc6ccccc6n5C)cc43)cc2)cc1. The lowest BCUT2D eigenvalue weighted by Gasteiger charge is -2.13. The quantitative estimate of drug-likeness (QED) is 0.0535. The predicted molar refractivity (Wildman–Crippen MR) is 235 cm³/mol. The highest BCUT2D eigenvalue weighted by atomic mass is 16.1. The number of carbonyl (C=O) groups is 2. The molecule has 294 valence electrons. The van der Waals surface area contributed by atoms with Crippen LogP contribution in [0, 0.1) is 13.5 Å². The maximum Gasteiger partial charge on any atom is 0.251 e. The molecule has 5 aromatic carbocycles. The smallest absolute Gasteiger partial charge is 0.251 e. The fourth-order valence-corrected chi connectivity index (χ4v) is 7.93. The van der Waals surface area contributed by atoms with Crippen molar-refractivity contribution in [3.63, 3.8) is 0 Å². The molecule has 2 heterocycles. The predicted octanol–water partition coefficient (Wildman–Crippen LogP) is 11.9. The Morgan fingerprint density at radius 2 is 1.47 bits per heavy atom. The van der Waals surface area contributed by atoms with E-state index in [0.29, 0.717) is 36.3 Å². The van der Waals surface area contributed by atoms with Crippen molar-refractivity contribution >= 4 is 39.4 Å². The fraction of sp³-hybridized carbons (Fsp3) is 0.300. The van der Waals surface area contributed by atoms with Crippen LogP contribution in [-0.2, 0) is 20.0 Å². The number of aromatic nitrogens is 4. The zero-order chi connectivity index (χ0) is 40.4. The van der Waals surface area contributed by atoms with E-state index in [9.17, 15) is 9.59 Å². The van der Waals surface area contributed by atoms with Crippen LogP contribution in [0.15, 0.2) is 109 Å². The first-order chi connectivity index (χ1) is 28.3. The maximum absolute atomic E-state index is 13.4. The van der Waals surface area contributed by atoms with Crippen LogP contribution in [0.2, 0.25) is 0 Å².